The molecule has 0 radical (unpaired) electrons. The minimum absolute atomic E-state index is 0.0310. The highest BCUT2D eigenvalue weighted by atomic mass is 32.1. The summed E-state index contributed by atoms with van der Waals surface area (Å²) in [5.41, 5.74) is 0. The quantitative estimate of drug-likeness (QED) is 0.548. The zero-order valence-corrected chi connectivity index (χ0v) is 9.52. The molecule has 0 aromatic carbocycles. The number of carbonyl (C=O) groups excluding carboxylic acids is 1. The van der Waals surface area contributed by atoms with Crippen LogP contribution in [-0.2, 0) is 9.59 Å². The van der Waals surface area contributed by atoms with Gasteiger partial charge >= 0.3 is 5.97 Å². The van der Waals surface area contributed by atoms with E-state index in [0.717, 1.165) is 0 Å². The van der Waals surface area contributed by atoms with Crippen molar-refractivity contribution in [1.29, 1.82) is 0 Å². The summed E-state index contributed by atoms with van der Waals surface area (Å²) in [5.74, 6) is -0.907. The van der Waals surface area contributed by atoms with E-state index in [1.165, 1.54) is 0 Å². The van der Waals surface area contributed by atoms with Crippen molar-refractivity contribution in [2.45, 2.75) is 26.2 Å². The minimum atomic E-state index is -0.876. The average molecular weight is 232 g/mol. The molecule has 0 saturated heterocycles. The van der Waals surface area contributed by atoms with Gasteiger partial charge in [-0.1, -0.05) is 0 Å². The number of aliphatic carboxylic acids is 1. The van der Waals surface area contributed by atoms with E-state index in [1.807, 2.05) is 6.92 Å². The molecule has 0 aromatic heterocycles. The van der Waals surface area contributed by atoms with E-state index in [1.54, 1.807) is 0 Å². The van der Waals surface area contributed by atoms with Crippen molar-refractivity contribution < 1.29 is 14.7 Å². The van der Waals surface area contributed by atoms with Gasteiger partial charge in [0.1, 0.15) is 0 Å². The topological polar surface area (TPSA) is 78.4 Å². The minimum Gasteiger partial charge on any atom is -0.481 e. The summed E-state index contributed by atoms with van der Waals surface area (Å²) in [6.45, 7) is 2.77. The number of Topliss-reactive ketones (excluding diaryl/α,β-unsaturated/α-hetero) is 1. The Morgan fingerprint density at radius 1 is 1.27 bits per heavy atom. The maximum atomic E-state index is 11.2. The molecule has 5 nitrogen and oxygen atoms in total. The van der Waals surface area contributed by atoms with Crippen molar-refractivity contribution in [3.63, 3.8) is 0 Å². The van der Waals surface area contributed by atoms with Crippen LogP contribution in [0.15, 0.2) is 0 Å². The van der Waals surface area contributed by atoms with E-state index in [9.17, 15) is 9.59 Å². The van der Waals surface area contributed by atoms with Crippen LogP contribution in [0.3, 0.4) is 0 Å². The lowest BCUT2D eigenvalue weighted by molar-refractivity contribution is -0.137. The van der Waals surface area contributed by atoms with Gasteiger partial charge in [0, 0.05) is 19.4 Å². The summed E-state index contributed by atoms with van der Waals surface area (Å²) in [6.07, 6.45) is 0.682. The normalized spacial score (nSPS) is 9.40. The molecule has 0 atom stereocenters. The van der Waals surface area contributed by atoms with Gasteiger partial charge in [0.15, 0.2) is 10.9 Å². The van der Waals surface area contributed by atoms with E-state index in [0.29, 0.717) is 18.1 Å². The Hall–Kier alpha value is -1.17. The standard InChI is InChI=1S/C9H16N2O3S/c1-2-10-9(15)11-6-7(12)4-3-5-8(13)14/h2-6H2,1H3,(H,13,14)(H2,10,11,15). The molecule has 0 spiro atoms. The first kappa shape index (κ1) is 13.8. The molecule has 15 heavy (non-hydrogen) atoms. The number of hydrogen-bond donors (Lipinski definition) is 3. The molecule has 3 N–H and O–H groups in total. The highest BCUT2D eigenvalue weighted by molar-refractivity contribution is 7.80. The molecule has 0 aliphatic rings. The van der Waals surface area contributed by atoms with Crippen LogP contribution < -0.4 is 10.6 Å². The largest absolute Gasteiger partial charge is 0.481 e. The smallest absolute Gasteiger partial charge is 0.303 e. The van der Waals surface area contributed by atoms with Gasteiger partial charge in [0.2, 0.25) is 0 Å². The number of thiocarbonyl (C=S) groups is 1. The van der Waals surface area contributed by atoms with Crippen LogP contribution in [0.5, 0.6) is 0 Å². The summed E-state index contributed by atoms with van der Waals surface area (Å²) >= 11 is 4.86. The predicted molar refractivity (Wildman–Crippen MR) is 60.8 cm³/mol. The maximum Gasteiger partial charge on any atom is 0.303 e. The molecule has 86 valence electrons. The summed E-state index contributed by atoms with van der Waals surface area (Å²) in [7, 11) is 0. The molecule has 0 rings (SSSR count). The lowest BCUT2D eigenvalue weighted by Crippen LogP contribution is -2.38. The van der Waals surface area contributed by atoms with Crippen LogP contribution in [0.4, 0.5) is 0 Å². The third-order valence-corrected chi connectivity index (χ3v) is 1.92. The van der Waals surface area contributed by atoms with E-state index in [-0.39, 0.29) is 25.2 Å². The molecule has 0 aliphatic heterocycles. The zero-order chi connectivity index (χ0) is 11.7. The van der Waals surface area contributed by atoms with E-state index in [4.69, 9.17) is 17.3 Å². The van der Waals surface area contributed by atoms with Crippen LogP contribution in [0.2, 0.25) is 0 Å². The maximum absolute atomic E-state index is 11.2. The van der Waals surface area contributed by atoms with E-state index < -0.39 is 5.97 Å². The predicted octanol–water partition coefficient (Wildman–Crippen LogP) is 0.294. The Morgan fingerprint density at radius 2 is 1.93 bits per heavy atom. The molecule has 0 aliphatic carbocycles. The van der Waals surface area contributed by atoms with E-state index >= 15 is 0 Å². The van der Waals surface area contributed by atoms with Crippen molar-refractivity contribution in [2.24, 2.45) is 0 Å². The molecule has 0 fully saturated rings. The molecule has 0 aromatic rings. The Morgan fingerprint density at radius 3 is 2.47 bits per heavy atom. The first-order valence-electron chi connectivity index (χ1n) is 4.81. The third kappa shape index (κ3) is 9.14. The van der Waals surface area contributed by atoms with Gasteiger partial charge in [-0.3, -0.25) is 9.59 Å². The highest BCUT2D eigenvalue weighted by Gasteiger charge is 2.04. The lowest BCUT2D eigenvalue weighted by atomic mass is 10.2. The number of carboxylic acid groups (broad SMARTS) is 1. The number of hydrogen-bond acceptors (Lipinski definition) is 3. The SMILES string of the molecule is CCNC(=S)NCC(=O)CCCC(=O)O. The van der Waals surface area contributed by atoms with Gasteiger partial charge in [0.05, 0.1) is 6.54 Å². The molecule has 0 unspecified atom stereocenters. The molecule has 0 saturated carbocycles. The Kier molecular flexibility index (Phi) is 7.53. The van der Waals surface area contributed by atoms with Gasteiger partial charge in [-0.05, 0) is 25.6 Å². The van der Waals surface area contributed by atoms with Crippen LogP contribution in [0.1, 0.15) is 26.2 Å². The highest BCUT2D eigenvalue weighted by Crippen LogP contribution is 1.95. The van der Waals surface area contributed by atoms with Crippen molar-refractivity contribution in [2.75, 3.05) is 13.1 Å². The summed E-state index contributed by atoms with van der Waals surface area (Å²) in [6, 6.07) is 0. The first-order valence-corrected chi connectivity index (χ1v) is 5.22. The number of ketones is 1. The van der Waals surface area contributed by atoms with Crippen LogP contribution in [0, 0.1) is 0 Å². The Bertz CT molecular complexity index is 244. The Balaban J connectivity index is 3.49. The Labute approximate surface area is 94.2 Å². The van der Waals surface area contributed by atoms with Gasteiger partial charge in [0.25, 0.3) is 0 Å². The number of carboxylic acids is 1. The number of rotatable bonds is 7. The van der Waals surface area contributed by atoms with Crippen molar-refractivity contribution >= 4 is 29.1 Å². The van der Waals surface area contributed by atoms with E-state index in [2.05, 4.69) is 10.6 Å². The first-order chi connectivity index (χ1) is 7.06. The van der Waals surface area contributed by atoms with Crippen LogP contribution in [-0.4, -0.2) is 35.1 Å². The molecule has 0 heterocycles. The molecular formula is C9H16N2O3S. The lowest BCUT2D eigenvalue weighted by Gasteiger charge is -2.07. The summed E-state index contributed by atoms with van der Waals surface area (Å²) in [5, 5.41) is 14.4. The fraction of sp³-hybridized carbons (Fsp3) is 0.667. The number of carbonyl (C=O) groups is 2. The molecule has 0 bridgehead atoms. The average Bonchev–Trinajstić information content (AvgIpc) is 2.14. The van der Waals surface area contributed by atoms with Crippen molar-refractivity contribution in [1.82, 2.24) is 10.6 Å². The second-order valence-electron chi connectivity index (χ2n) is 3.00. The van der Waals surface area contributed by atoms with Crippen LogP contribution >= 0.6 is 12.2 Å². The fourth-order valence-electron chi connectivity index (χ4n) is 0.927. The molecule has 6 heteroatoms. The van der Waals surface area contributed by atoms with Crippen molar-refractivity contribution in [3.05, 3.63) is 0 Å². The van der Waals surface area contributed by atoms with Crippen molar-refractivity contribution in [3.8, 4) is 0 Å². The van der Waals surface area contributed by atoms with Gasteiger partial charge < -0.3 is 15.7 Å². The third-order valence-electron chi connectivity index (χ3n) is 1.63. The monoisotopic (exact) mass is 232 g/mol. The second-order valence-corrected chi connectivity index (χ2v) is 3.41. The summed E-state index contributed by atoms with van der Waals surface area (Å²) < 4.78 is 0. The molecular weight excluding hydrogens is 216 g/mol. The second kappa shape index (κ2) is 8.16. The van der Waals surface area contributed by atoms with Gasteiger partial charge in [-0.2, -0.15) is 0 Å². The van der Waals surface area contributed by atoms with Crippen LogP contribution in [0.25, 0.3) is 0 Å². The fourth-order valence-corrected chi connectivity index (χ4v) is 1.14. The number of nitrogens with one attached hydrogen (secondary N) is 2. The van der Waals surface area contributed by atoms with Gasteiger partial charge in [-0.25, -0.2) is 0 Å². The summed E-state index contributed by atoms with van der Waals surface area (Å²) in [4.78, 5) is 21.4. The zero-order valence-electron chi connectivity index (χ0n) is 8.71. The van der Waals surface area contributed by atoms with Gasteiger partial charge in [-0.15, -0.1) is 0 Å². The molecule has 0 amide bonds.